The third-order valence-electron chi connectivity index (χ3n) is 11.5. The van der Waals surface area contributed by atoms with Crippen molar-refractivity contribution in [1.29, 1.82) is 0 Å². The average molecular weight is 648 g/mol. The molecule has 238 valence electrons. The smallest absolute Gasteiger partial charge is 0.0726 e. The fourth-order valence-electron chi connectivity index (χ4n) is 9.45. The highest BCUT2D eigenvalue weighted by Gasteiger charge is 2.51. The number of hydrogen-bond acceptors (Lipinski definition) is 1. The molecule has 0 aliphatic heterocycles. The van der Waals surface area contributed by atoms with E-state index in [0.29, 0.717) is 0 Å². The van der Waals surface area contributed by atoms with Gasteiger partial charge >= 0.3 is 0 Å². The van der Waals surface area contributed by atoms with Crippen LogP contribution in [0.2, 0.25) is 0 Å². The molecule has 51 heavy (non-hydrogen) atoms. The van der Waals surface area contributed by atoms with Gasteiger partial charge in [-0.25, -0.2) is 0 Å². The lowest BCUT2D eigenvalue weighted by Crippen LogP contribution is -2.26. The van der Waals surface area contributed by atoms with Crippen molar-refractivity contribution in [3.63, 3.8) is 0 Å². The fraction of sp³-hybridized carbons (Fsp3) is 0.0400. The molecule has 0 radical (unpaired) electrons. The second-order valence-electron chi connectivity index (χ2n) is 14.0. The van der Waals surface area contributed by atoms with E-state index in [4.69, 9.17) is 0 Å². The maximum absolute atomic E-state index is 2.50. The van der Waals surface area contributed by atoms with Gasteiger partial charge in [0.05, 0.1) is 11.1 Å². The molecule has 8 aromatic carbocycles. The van der Waals surface area contributed by atoms with Gasteiger partial charge in [0, 0.05) is 16.9 Å². The Kier molecular flexibility index (Phi) is 6.00. The van der Waals surface area contributed by atoms with Gasteiger partial charge in [-0.1, -0.05) is 158 Å². The van der Waals surface area contributed by atoms with E-state index in [1.165, 1.54) is 83.6 Å². The van der Waals surface area contributed by atoms with Crippen molar-refractivity contribution in [3.05, 3.63) is 221 Å². The lowest BCUT2D eigenvalue weighted by molar-refractivity contribution is 0.793. The molecular weight excluding hydrogens is 615 g/mol. The van der Waals surface area contributed by atoms with Crippen LogP contribution in [0.25, 0.3) is 44.5 Å². The minimum Gasteiger partial charge on any atom is -0.310 e. The first kappa shape index (κ1) is 28.4. The van der Waals surface area contributed by atoms with Crippen LogP contribution in [0.3, 0.4) is 0 Å². The predicted molar refractivity (Wildman–Crippen MR) is 211 cm³/mol. The molecule has 8 aromatic rings. The minimum atomic E-state index is -0.403. The zero-order valence-corrected chi connectivity index (χ0v) is 28.1. The van der Waals surface area contributed by atoms with Crippen LogP contribution in [-0.4, -0.2) is 0 Å². The summed E-state index contributed by atoms with van der Waals surface area (Å²) in [4.78, 5) is 2.50. The Bertz CT molecular complexity index is 2620. The van der Waals surface area contributed by atoms with Crippen LogP contribution in [0.5, 0.6) is 0 Å². The molecule has 3 aliphatic rings. The van der Waals surface area contributed by atoms with Crippen molar-refractivity contribution in [2.75, 3.05) is 4.90 Å². The molecule has 1 nitrogen and oxygen atoms in total. The van der Waals surface area contributed by atoms with E-state index in [-0.39, 0.29) is 0 Å². The summed E-state index contributed by atoms with van der Waals surface area (Å²) in [6.45, 7) is 0. The van der Waals surface area contributed by atoms with Crippen molar-refractivity contribution >= 4 is 17.1 Å². The predicted octanol–water partition coefficient (Wildman–Crippen LogP) is 12.7. The zero-order chi connectivity index (χ0) is 33.5. The highest BCUT2D eigenvalue weighted by Crippen LogP contribution is 2.63. The van der Waals surface area contributed by atoms with Crippen molar-refractivity contribution in [3.8, 4) is 44.5 Å². The van der Waals surface area contributed by atoms with Crippen LogP contribution in [0.15, 0.2) is 188 Å². The van der Waals surface area contributed by atoms with Gasteiger partial charge in [0.25, 0.3) is 0 Å². The standard InChI is InChI=1S/C50H33N/c1-2-14-33(15-3-1)40-18-9-13-25-49(40)51(36-26-28-39-35(31-36)30-34-16-4-5-17-38(34)39)37-27-29-44-43-21-8-12-24-47(43)50(48(44)32-37)45-22-10-6-19-41(45)42-20-7-11-23-46(42)50/h1-29,31-32H,30H2. The summed E-state index contributed by atoms with van der Waals surface area (Å²) in [6, 6.07) is 70.0. The zero-order valence-electron chi connectivity index (χ0n) is 28.1. The topological polar surface area (TPSA) is 3.24 Å². The van der Waals surface area contributed by atoms with E-state index in [0.717, 1.165) is 17.8 Å². The maximum atomic E-state index is 2.50. The van der Waals surface area contributed by atoms with Gasteiger partial charge in [-0.2, -0.15) is 0 Å². The van der Waals surface area contributed by atoms with Gasteiger partial charge in [0.15, 0.2) is 0 Å². The molecule has 0 fully saturated rings. The Morgan fingerprint density at radius 3 is 1.47 bits per heavy atom. The first-order valence-corrected chi connectivity index (χ1v) is 17.9. The Morgan fingerprint density at radius 2 is 0.804 bits per heavy atom. The monoisotopic (exact) mass is 647 g/mol. The first-order valence-electron chi connectivity index (χ1n) is 17.9. The number of rotatable bonds is 4. The van der Waals surface area contributed by atoms with Crippen molar-refractivity contribution in [2.24, 2.45) is 0 Å². The lowest BCUT2D eigenvalue weighted by atomic mass is 9.70. The van der Waals surface area contributed by atoms with Gasteiger partial charge in [-0.3, -0.25) is 0 Å². The fourth-order valence-corrected chi connectivity index (χ4v) is 9.45. The third kappa shape index (κ3) is 3.92. The highest BCUT2D eigenvalue weighted by atomic mass is 15.1. The molecule has 0 saturated heterocycles. The van der Waals surface area contributed by atoms with Gasteiger partial charge in [-0.15, -0.1) is 0 Å². The molecule has 0 N–H and O–H groups in total. The summed E-state index contributed by atoms with van der Waals surface area (Å²) < 4.78 is 0. The van der Waals surface area contributed by atoms with Crippen LogP contribution in [-0.2, 0) is 11.8 Å². The van der Waals surface area contributed by atoms with Gasteiger partial charge < -0.3 is 4.90 Å². The summed E-state index contributed by atoms with van der Waals surface area (Å²) >= 11 is 0. The van der Waals surface area contributed by atoms with E-state index in [2.05, 4.69) is 193 Å². The number of fused-ring (bicyclic) bond motifs is 13. The van der Waals surface area contributed by atoms with Crippen molar-refractivity contribution in [2.45, 2.75) is 11.8 Å². The minimum absolute atomic E-state index is 0.403. The summed E-state index contributed by atoms with van der Waals surface area (Å²) in [5.41, 5.74) is 21.7. The van der Waals surface area contributed by atoms with E-state index in [1.54, 1.807) is 0 Å². The Labute approximate surface area is 298 Å². The molecule has 0 saturated carbocycles. The van der Waals surface area contributed by atoms with Crippen LogP contribution < -0.4 is 4.90 Å². The Balaban J connectivity index is 1.18. The van der Waals surface area contributed by atoms with E-state index < -0.39 is 5.41 Å². The molecule has 0 unspecified atom stereocenters. The molecule has 0 atom stereocenters. The first-order chi connectivity index (χ1) is 25.3. The van der Waals surface area contributed by atoms with Crippen LogP contribution in [0, 0.1) is 0 Å². The van der Waals surface area contributed by atoms with Gasteiger partial charge in [-0.05, 0) is 109 Å². The summed E-state index contributed by atoms with van der Waals surface area (Å²) in [6.07, 6.45) is 0.948. The molecule has 0 heterocycles. The van der Waals surface area contributed by atoms with Gasteiger partial charge in [0.2, 0.25) is 0 Å². The maximum Gasteiger partial charge on any atom is 0.0726 e. The van der Waals surface area contributed by atoms with E-state index >= 15 is 0 Å². The summed E-state index contributed by atoms with van der Waals surface area (Å²) in [7, 11) is 0. The van der Waals surface area contributed by atoms with Crippen LogP contribution in [0.1, 0.15) is 33.4 Å². The molecule has 0 bridgehead atoms. The van der Waals surface area contributed by atoms with Gasteiger partial charge in [0.1, 0.15) is 0 Å². The second-order valence-corrected chi connectivity index (χ2v) is 14.0. The Hall–Kier alpha value is -6.44. The molecule has 11 rings (SSSR count). The molecular formula is C50H33N. The van der Waals surface area contributed by atoms with Crippen LogP contribution >= 0.6 is 0 Å². The Morgan fingerprint density at radius 1 is 0.333 bits per heavy atom. The quantitative estimate of drug-likeness (QED) is 0.184. The normalized spacial score (nSPS) is 13.6. The molecule has 1 heteroatoms. The third-order valence-corrected chi connectivity index (χ3v) is 11.5. The molecule has 0 aromatic heterocycles. The van der Waals surface area contributed by atoms with Crippen molar-refractivity contribution < 1.29 is 0 Å². The number of para-hydroxylation sites is 1. The van der Waals surface area contributed by atoms with E-state index in [9.17, 15) is 0 Å². The SMILES string of the molecule is c1ccc(-c2ccccc2N(c2ccc3c(c2)Cc2ccccc2-3)c2ccc3c(c2)C2(c4ccccc4-c4ccccc42)c2ccccc2-3)cc1. The highest BCUT2D eigenvalue weighted by molar-refractivity contribution is 5.97. The molecule has 0 amide bonds. The number of benzene rings is 8. The average Bonchev–Trinajstić information content (AvgIpc) is 3.82. The van der Waals surface area contributed by atoms with Crippen molar-refractivity contribution in [1.82, 2.24) is 0 Å². The number of hydrogen-bond donors (Lipinski definition) is 0. The van der Waals surface area contributed by atoms with E-state index in [1.807, 2.05) is 0 Å². The molecule has 3 aliphatic carbocycles. The van der Waals surface area contributed by atoms with Crippen LogP contribution in [0.4, 0.5) is 17.1 Å². The number of anilines is 3. The summed E-state index contributed by atoms with van der Waals surface area (Å²) in [5, 5.41) is 0. The molecule has 1 spiro atoms. The largest absolute Gasteiger partial charge is 0.310 e. The number of nitrogens with zero attached hydrogens (tertiary/aromatic N) is 1. The lowest BCUT2D eigenvalue weighted by Gasteiger charge is -2.33. The second kappa shape index (κ2) is 10.8. The summed E-state index contributed by atoms with van der Waals surface area (Å²) in [5.74, 6) is 0.